The summed E-state index contributed by atoms with van der Waals surface area (Å²) in [5, 5.41) is 2.08. The lowest BCUT2D eigenvalue weighted by Gasteiger charge is -2.22. The molecule has 1 aromatic heterocycles. The average Bonchev–Trinajstić information content (AvgIpc) is 2.55. The third-order valence-electron chi connectivity index (χ3n) is 2.02. The van der Waals surface area contributed by atoms with Gasteiger partial charge < -0.3 is 5.73 Å². The van der Waals surface area contributed by atoms with Gasteiger partial charge in [-0.15, -0.1) is 11.3 Å². The van der Waals surface area contributed by atoms with E-state index >= 15 is 0 Å². The second kappa shape index (κ2) is 4.54. The van der Waals surface area contributed by atoms with Gasteiger partial charge in [0.1, 0.15) is 0 Å². The standard InChI is InChI=1S/C8H15N3S/c1-7(11(2)4-3-9)8-5-12-6-10-8/h5-7H,3-4,9H2,1-2H3. The Kier molecular flexibility index (Phi) is 3.65. The number of rotatable bonds is 4. The van der Waals surface area contributed by atoms with Gasteiger partial charge in [0.15, 0.2) is 0 Å². The van der Waals surface area contributed by atoms with Gasteiger partial charge in [0.05, 0.1) is 11.2 Å². The van der Waals surface area contributed by atoms with E-state index in [4.69, 9.17) is 5.73 Å². The lowest BCUT2D eigenvalue weighted by atomic mass is 10.2. The summed E-state index contributed by atoms with van der Waals surface area (Å²) in [6.07, 6.45) is 0. The average molecular weight is 185 g/mol. The number of nitrogens with two attached hydrogens (primary N) is 1. The molecule has 3 nitrogen and oxygen atoms in total. The summed E-state index contributed by atoms with van der Waals surface area (Å²) >= 11 is 1.63. The molecular formula is C8H15N3S. The number of hydrogen-bond acceptors (Lipinski definition) is 4. The van der Waals surface area contributed by atoms with Gasteiger partial charge in [-0.3, -0.25) is 4.90 Å². The quantitative estimate of drug-likeness (QED) is 0.763. The maximum Gasteiger partial charge on any atom is 0.0795 e. The molecule has 1 atom stereocenters. The zero-order chi connectivity index (χ0) is 8.97. The minimum Gasteiger partial charge on any atom is -0.329 e. The first-order chi connectivity index (χ1) is 5.75. The third-order valence-corrected chi connectivity index (χ3v) is 2.63. The van der Waals surface area contributed by atoms with Crippen LogP contribution < -0.4 is 5.73 Å². The Balaban J connectivity index is 2.53. The van der Waals surface area contributed by atoms with Gasteiger partial charge in [0.2, 0.25) is 0 Å². The van der Waals surface area contributed by atoms with Crippen molar-refractivity contribution >= 4 is 11.3 Å². The molecule has 0 saturated carbocycles. The van der Waals surface area contributed by atoms with Gasteiger partial charge in [-0.25, -0.2) is 4.98 Å². The summed E-state index contributed by atoms with van der Waals surface area (Å²) in [5.74, 6) is 0. The van der Waals surface area contributed by atoms with Crippen molar-refractivity contribution < 1.29 is 0 Å². The maximum atomic E-state index is 5.46. The second-order valence-corrected chi connectivity index (χ2v) is 3.58. The molecule has 0 spiro atoms. The molecule has 0 fully saturated rings. The Labute approximate surface area is 77.2 Å². The van der Waals surface area contributed by atoms with E-state index < -0.39 is 0 Å². The van der Waals surface area contributed by atoms with Crippen molar-refractivity contribution in [3.05, 3.63) is 16.6 Å². The van der Waals surface area contributed by atoms with Crippen molar-refractivity contribution in [3.8, 4) is 0 Å². The molecule has 0 amide bonds. The van der Waals surface area contributed by atoms with Crippen LogP contribution >= 0.6 is 11.3 Å². The summed E-state index contributed by atoms with van der Waals surface area (Å²) < 4.78 is 0. The number of hydrogen-bond donors (Lipinski definition) is 1. The molecule has 1 aromatic rings. The molecule has 0 aliphatic rings. The second-order valence-electron chi connectivity index (χ2n) is 2.86. The largest absolute Gasteiger partial charge is 0.329 e. The fourth-order valence-electron chi connectivity index (χ4n) is 1.05. The highest BCUT2D eigenvalue weighted by Gasteiger charge is 2.11. The van der Waals surface area contributed by atoms with Crippen molar-refractivity contribution in [1.29, 1.82) is 0 Å². The topological polar surface area (TPSA) is 42.2 Å². The molecule has 0 saturated heterocycles. The van der Waals surface area contributed by atoms with Crippen LogP contribution in [0.4, 0.5) is 0 Å². The molecular weight excluding hydrogens is 170 g/mol. The summed E-state index contributed by atoms with van der Waals surface area (Å²) in [6, 6.07) is 0.375. The zero-order valence-corrected chi connectivity index (χ0v) is 8.34. The molecule has 12 heavy (non-hydrogen) atoms. The first-order valence-corrected chi connectivity index (χ1v) is 4.98. The molecule has 68 valence electrons. The predicted molar refractivity (Wildman–Crippen MR) is 52.2 cm³/mol. The molecule has 0 bridgehead atoms. The van der Waals surface area contributed by atoms with E-state index in [0.29, 0.717) is 12.6 Å². The van der Waals surface area contributed by atoms with Gasteiger partial charge >= 0.3 is 0 Å². The molecule has 4 heteroatoms. The highest BCUT2D eigenvalue weighted by atomic mass is 32.1. The van der Waals surface area contributed by atoms with Crippen molar-refractivity contribution in [2.75, 3.05) is 20.1 Å². The highest BCUT2D eigenvalue weighted by molar-refractivity contribution is 7.07. The minimum absolute atomic E-state index is 0.375. The highest BCUT2D eigenvalue weighted by Crippen LogP contribution is 2.17. The molecule has 1 rings (SSSR count). The van der Waals surface area contributed by atoms with E-state index in [1.54, 1.807) is 11.3 Å². The van der Waals surface area contributed by atoms with E-state index in [9.17, 15) is 0 Å². The van der Waals surface area contributed by atoms with Crippen LogP contribution in [0.15, 0.2) is 10.9 Å². The number of nitrogens with zero attached hydrogens (tertiary/aromatic N) is 2. The van der Waals surface area contributed by atoms with Gasteiger partial charge in [-0.2, -0.15) is 0 Å². The number of aromatic nitrogens is 1. The minimum atomic E-state index is 0.375. The fourth-order valence-corrected chi connectivity index (χ4v) is 1.69. The summed E-state index contributed by atoms with van der Waals surface area (Å²) in [5.41, 5.74) is 8.46. The van der Waals surface area contributed by atoms with E-state index in [0.717, 1.165) is 12.2 Å². The Morgan fingerprint density at radius 3 is 3.00 bits per heavy atom. The molecule has 1 heterocycles. The summed E-state index contributed by atoms with van der Waals surface area (Å²) in [4.78, 5) is 6.46. The van der Waals surface area contributed by atoms with E-state index in [1.165, 1.54) is 0 Å². The van der Waals surface area contributed by atoms with Crippen LogP contribution in [0.2, 0.25) is 0 Å². The third kappa shape index (κ3) is 2.27. The van der Waals surface area contributed by atoms with Gasteiger partial charge in [0.25, 0.3) is 0 Å². The fraction of sp³-hybridized carbons (Fsp3) is 0.625. The van der Waals surface area contributed by atoms with Gasteiger partial charge in [-0.1, -0.05) is 0 Å². The Morgan fingerprint density at radius 1 is 1.75 bits per heavy atom. The van der Waals surface area contributed by atoms with Crippen LogP contribution in [0, 0.1) is 0 Å². The van der Waals surface area contributed by atoms with Gasteiger partial charge in [-0.05, 0) is 14.0 Å². The molecule has 0 aliphatic heterocycles. The van der Waals surface area contributed by atoms with Crippen LogP contribution in [0.5, 0.6) is 0 Å². The Hall–Kier alpha value is -0.450. The molecule has 1 unspecified atom stereocenters. The van der Waals surface area contributed by atoms with Crippen LogP contribution in [-0.4, -0.2) is 30.0 Å². The Bertz CT molecular complexity index is 210. The lowest BCUT2D eigenvalue weighted by Crippen LogP contribution is -2.28. The summed E-state index contributed by atoms with van der Waals surface area (Å²) in [6.45, 7) is 3.76. The van der Waals surface area contributed by atoms with Crippen molar-refractivity contribution in [3.63, 3.8) is 0 Å². The SMILES string of the molecule is CC(c1cscn1)N(C)CCN. The van der Waals surface area contributed by atoms with Crippen molar-refractivity contribution in [2.45, 2.75) is 13.0 Å². The first-order valence-electron chi connectivity index (χ1n) is 4.04. The monoisotopic (exact) mass is 185 g/mol. The van der Waals surface area contributed by atoms with Crippen LogP contribution in [0.25, 0.3) is 0 Å². The molecule has 0 radical (unpaired) electrons. The smallest absolute Gasteiger partial charge is 0.0795 e. The van der Waals surface area contributed by atoms with E-state index in [-0.39, 0.29) is 0 Å². The molecule has 2 N–H and O–H groups in total. The lowest BCUT2D eigenvalue weighted by molar-refractivity contribution is 0.265. The van der Waals surface area contributed by atoms with Crippen LogP contribution in [-0.2, 0) is 0 Å². The molecule has 0 aliphatic carbocycles. The zero-order valence-electron chi connectivity index (χ0n) is 7.53. The molecule has 0 aromatic carbocycles. The van der Waals surface area contributed by atoms with Crippen molar-refractivity contribution in [2.24, 2.45) is 5.73 Å². The maximum absolute atomic E-state index is 5.46. The normalized spacial score (nSPS) is 13.7. The summed E-state index contributed by atoms with van der Waals surface area (Å²) in [7, 11) is 2.07. The van der Waals surface area contributed by atoms with E-state index in [1.807, 2.05) is 5.51 Å². The number of likely N-dealkylation sites (N-methyl/N-ethyl adjacent to an activating group) is 1. The van der Waals surface area contributed by atoms with E-state index in [2.05, 4.69) is 29.2 Å². The number of thiazole rings is 1. The van der Waals surface area contributed by atoms with Crippen molar-refractivity contribution in [1.82, 2.24) is 9.88 Å². The van der Waals surface area contributed by atoms with Gasteiger partial charge in [0, 0.05) is 24.5 Å². The Morgan fingerprint density at radius 2 is 2.50 bits per heavy atom. The van der Waals surface area contributed by atoms with Crippen LogP contribution in [0.3, 0.4) is 0 Å². The first kappa shape index (κ1) is 9.64. The predicted octanol–water partition coefficient (Wildman–Crippen LogP) is 1.09. The van der Waals surface area contributed by atoms with Crippen LogP contribution in [0.1, 0.15) is 18.7 Å².